The third-order valence-corrected chi connectivity index (χ3v) is 5.26. The summed E-state index contributed by atoms with van der Waals surface area (Å²) in [5, 5.41) is 11.5. The number of carbonyl (C=O) groups excluding carboxylic acids is 1. The van der Waals surface area contributed by atoms with Gasteiger partial charge in [-0.15, -0.1) is 0 Å². The molecule has 0 aliphatic rings. The Hall–Kier alpha value is -4.01. The zero-order chi connectivity index (χ0) is 25.5. The van der Waals surface area contributed by atoms with Crippen molar-refractivity contribution in [1.82, 2.24) is 5.32 Å². The molecule has 0 aliphatic heterocycles. The number of benzene rings is 3. The molecule has 0 unspecified atom stereocenters. The summed E-state index contributed by atoms with van der Waals surface area (Å²) in [7, 11) is 1.28. The monoisotopic (exact) mass is 487 g/mol. The van der Waals surface area contributed by atoms with Gasteiger partial charge in [0.2, 0.25) is 0 Å². The standard InChI is InChI=1S/C26H24F3NO5/c1-15-9-20(6-3-17(15)5-8-24(31)32)35-21-11-16(10-19(27)13-21)14-30-26(33)22-7-4-18(25(28)29)12-23(22)34-2/h3-4,6-7,9-13,25H,5,8,14H2,1-2H3,(H,30,33)(H,31,32). The highest BCUT2D eigenvalue weighted by atomic mass is 19.3. The predicted molar refractivity (Wildman–Crippen MR) is 123 cm³/mol. The molecule has 0 bridgehead atoms. The summed E-state index contributed by atoms with van der Waals surface area (Å²) >= 11 is 0. The Labute approximate surface area is 200 Å². The second-order valence-electron chi connectivity index (χ2n) is 7.82. The maximum atomic E-state index is 14.2. The number of aryl methyl sites for hydroxylation is 2. The minimum absolute atomic E-state index is 0.00531. The molecule has 0 fully saturated rings. The molecular weight excluding hydrogens is 463 g/mol. The lowest BCUT2D eigenvalue weighted by Crippen LogP contribution is -2.23. The van der Waals surface area contributed by atoms with Gasteiger partial charge in [0.05, 0.1) is 12.7 Å². The Kier molecular flexibility index (Phi) is 8.35. The van der Waals surface area contributed by atoms with Gasteiger partial charge >= 0.3 is 5.97 Å². The quantitative estimate of drug-likeness (QED) is 0.377. The van der Waals surface area contributed by atoms with Crippen LogP contribution in [-0.4, -0.2) is 24.1 Å². The molecule has 0 atom stereocenters. The van der Waals surface area contributed by atoms with Crippen molar-refractivity contribution in [2.45, 2.75) is 32.7 Å². The molecule has 0 spiro atoms. The average molecular weight is 487 g/mol. The molecule has 0 radical (unpaired) electrons. The molecule has 3 rings (SSSR count). The molecule has 184 valence electrons. The molecule has 0 aromatic heterocycles. The lowest BCUT2D eigenvalue weighted by Gasteiger charge is -2.13. The summed E-state index contributed by atoms with van der Waals surface area (Å²) in [6.07, 6.45) is -2.29. The fourth-order valence-corrected chi connectivity index (χ4v) is 3.48. The van der Waals surface area contributed by atoms with Gasteiger partial charge in [-0.1, -0.05) is 12.1 Å². The minimum Gasteiger partial charge on any atom is -0.496 e. The van der Waals surface area contributed by atoms with Crippen LogP contribution in [0, 0.1) is 12.7 Å². The highest BCUT2D eigenvalue weighted by Gasteiger charge is 2.16. The van der Waals surface area contributed by atoms with Crippen LogP contribution in [0.5, 0.6) is 17.2 Å². The molecule has 1 amide bonds. The van der Waals surface area contributed by atoms with E-state index < -0.39 is 24.1 Å². The number of amides is 1. The van der Waals surface area contributed by atoms with E-state index in [9.17, 15) is 22.8 Å². The summed E-state index contributed by atoms with van der Waals surface area (Å²) in [4.78, 5) is 23.3. The zero-order valence-electron chi connectivity index (χ0n) is 19.1. The van der Waals surface area contributed by atoms with Crippen molar-refractivity contribution in [3.05, 3.63) is 88.2 Å². The van der Waals surface area contributed by atoms with Crippen LogP contribution < -0.4 is 14.8 Å². The van der Waals surface area contributed by atoms with Gasteiger partial charge in [-0.25, -0.2) is 13.2 Å². The number of aliphatic carboxylic acids is 1. The van der Waals surface area contributed by atoms with Gasteiger partial charge in [0.1, 0.15) is 23.1 Å². The number of carboxylic acid groups (broad SMARTS) is 1. The van der Waals surface area contributed by atoms with Crippen molar-refractivity contribution < 1.29 is 37.3 Å². The Balaban J connectivity index is 1.69. The van der Waals surface area contributed by atoms with E-state index in [1.54, 1.807) is 24.3 Å². The molecule has 0 heterocycles. The molecule has 3 aromatic carbocycles. The Bertz CT molecular complexity index is 1230. The lowest BCUT2D eigenvalue weighted by molar-refractivity contribution is -0.136. The van der Waals surface area contributed by atoms with Gasteiger partial charge in [0.25, 0.3) is 12.3 Å². The molecule has 35 heavy (non-hydrogen) atoms. The number of alkyl halides is 2. The highest BCUT2D eigenvalue weighted by Crippen LogP contribution is 2.28. The minimum atomic E-state index is -2.70. The van der Waals surface area contributed by atoms with Gasteiger partial charge in [0, 0.05) is 24.6 Å². The zero-order valence-corrected chi connectivity index (χ0v) is 19.1. The first-order valence-corrected chi connectivity index (χ1v) is 10.7. The van der Waals surface area contributed by atoms with Crippen LogP contribution in [0.15, 0.2) is 54.6 Å². The molecule has 9 heteroatoms. The molecule has 0 aliphatic carbocycles. The van der Waals surface area contributed by atoms with Crippen LogP contribution in [0.1, 0.15) is 45.5 Å². The number of carboxylic acids is 1. The normalized spacial score (nSPS) is 10.8. The van der Waals surface area contributed by atoms with Crippen molar-refractivity contribution in [2.24, 2.45) is 0 Å². The van der Waals surface area contributed by atoms with Crippen LogP contribution in [0.2, 0.25) is 0 Å². The number of ether oxygens (including phenoxy) is 2. The summed E-state index contributed by atoms with van der Waals surface area (Å²) in [6, 6.07) is 12.7. The molecule has 6 nitrogen and oxygen atoms in total. The number of hydrogen-bond donors (Lipinski definition) is 2. The van der Waals surface area contributed by atoms with Gasteiger partial charge < -0.3 is 19.9 Å². The fourth-order valence-electron chi connectivity index (χ4n) is 3.48. The lowest BCUT2D eigenvalue weighted by atomic mass is 10.0. The van der Waals surface area contributed by atoms with Crippen molar-refractivity contribution in [3.8, 4) is 17.2 Å². The van der Waals surface area contributed by atoms with Gasteiger partial charge in [-0.05, 0) is 66.4 Å². The van der Waals surface area contributed by atoms with E-state index in [1.165, 1.54) is 25.3 Å². The molecule has 0 saturated heterocycles. The molecular formula is C26H24F3NO5. The van der Waals surface area contributed by atoms with Gasteiger partial charge in [-0.3, -0.25) is 9.59 Å². The summed E-state index contributed by atoms with van der Waals surface area (Å²) in [6.45, 7) is 1.79. The van der Waals surface area contributed by atoms with E-state index in [4.69, 9.17) is 14.6 Å². The Morgan fingerprint density at radius 2 is 1.80 bits per heavy atom. The second-order valence-corrected chi connectivity index (χ2v) is 7.82. The summed E-state index contributed by atoms with van der Waals surface area (Å²) < 4.78 is 50.8. The maximum Gasteiger partial charge on any atom is 0.303 e. The van der Waals surface area contributed by atoms with E-state index in [2.05, 4.69) is 5.32 Å². The van der Waals surface area contributed by atoms with Gasteiger partial charge in [-0.2, -0.15) is 0 Å². The SMILES string of the molecule is COc1cc(C(F)F)ccc1C(=O)NCc1cc(F)cc(Oc2ccc(CCC(=O)O)c(C)c2)c1. The topological polar surface area (TPSA) is 84.9 Å². The van der Waals surface area contributed by atoms with Crippen LogP contribution in [0.4, 0.5) is 13.2 Å². The number of nitrogens with one attached hydrogen (secondary N) is 1. The first-order valence-electron chi connectivity index (χ1n) is 10.7. The predicted octanol–water partition coefficient (Wildman–Crippen LogP) is 5.82. The van der Waals surface area contributed by atoms with Crippen molar-refractivity contribution >= 4 is 11.9 Å². The van der Waals surface area contributed by atoms with Crippen molar-refractivity contribution in [3.63, 3.8) is 0 Å². The average Bonchev–Trinajstić information content (AvgIpc) is 2.81. The van der Waals surface area contributed by atoms with Gasteiger partial charge in [0.15, 0.2) is 0 Å². The summed E-state index contributed by atoms with van der Waals surface area (Å²) in [5.41, 5.74) is 1.95. The number of methoxy groups -OCH3 is 1. The molecule has 2 N–H and O–H groups in total. The van der Waals surface area contributed by atoms with E-state index in [0.717, 1.165) is 23.3 Å². The van der Waals surface area contributed by atoms with Crippen molar-refractivity contribution in [1.29, 1.82) is 0 Å². The van der Waals surface area contributed by atoms with Crippen LogP contribution in [0.3, 0.4) is 0 Å². The van der Waals surface area contributed by atoms with E-state index in [1.807, 2.05) is 6.92 Å². The van der Waals surface area contributed by atoms with Crippen LogP contribution >= 0.6 is 0 Å². The number of carbonyl (C=O) groups is 2. The largest absolute Gasteiger partial charge is 0.496 e. The number of rotatable bonds is 10. The fraction of sp³-hybridized carbons (Fsp3) is 0.231. The third-order valence-electron chi connectivity index (χ3n) is 5.26. The van der Waals surface area contributed by atoms with E-state index in [0.29, 0.717) is 17.7 Å². The van der Waals surface area contributed by atoms with E-state index >= 15 is 0 Å². The Morgan fingerprint density at radius 1 is 1.03 bits per heavy atom. The third kappa shape index (κ3) is 6.99. The number of halogens is 3. The highest BCUT2D eigenvalue weighted by molar-refractivity contribution is 5.97. The van der Waals surface area contributed by atoms with Crippen LogP contribution in [0.25, 0.3) is 0 Å². The van der Waals surface area contributed by atoms with Crippen LogP contribution in [-0.2, 0) is 17.8 Å². The summed E-state index contributed by atoms with van der Waals surface area (Å²) in [5.74, 6) is -1.35. The molecule has 3 aromatic rings. The van der Waals surface area contributed by atoms with E-state index in [-0.39, 0.29) is 35.6 Å². The first-order chi connectivity index (χ1) is 16.7. The first kappa shape index (κ1) is 25.6. The van der Waals surface area contributed by atoms with Crippen molar-refractivity contribution in [2.75, 3.05) is 7.11 Å². The molecule has 0 saturated carbocycles. The smallest absolute Gasteiger partial charge is 0.303 e. The second kappa shape index (κ2) is 11.4. The number of hydrogen-bond acceptors (Lipinski definition) is 4. The maximum absolute atomic E-state index is 14.2. The Morgan fingerprint density at radius 3 is 2.46 bits per heavy atom.